The first-order chi connectivity index (χ1) is 16.4. The lowest BCUT2D eigenvalue weighted by atomic mass is 10.2. The fourth-order valence-electron chi connectivity index (χ4n) is 2.91. The number of hydrogen-bond acceptors (Lipinski definition) is 8. The molecule has 2 aromatic heterocycles. The lowest BCUT2D eigenvalue weighted by molar-refractivity contribution is -0.123. The molecule has 0 atom stereocenters. The molecule has 0 amide bonds. The van der Waals surface area contributed by atoms with E-state index in [-0.39, 0.29) is 12.9 Å². The molecule has 3 aromatic rings. The van der Waals surface area contributed by atoms with E-state index in [4.69, 9.17) is 19.8 Å². The molecule has 2 heterocycles. The highest BCUT2D eigenvalue weighted by Crippen LogP contribution is 2.10. The van der Waals surface area contributed by atoms with Crippen molar-refractivity contribution in [2.24, 2.45) is 0 Å². The van der Waals surface area contributed by atoms with Gasteiger partial charge in [0, 0.05) is 62.6 Å². The molecule has 0 aliphatic rings. The molecule has 0 aliphatic heterocycles. The van der Waals surface area contributed by atoms with Gasteiger partial charge in [-0.3, -0.25) is 14.5 Å². The largest absolute Gasteiger partial charge is 0.483 e. The fourth-order valence-corrected chi connectivity index (χ4v) is 2.91. The number of aromatic nitrogens is 4. The number of carbonyl (C=O) groups is 2. The maximum Gasteiger partial charge on any atom is 0.290 e. The SMILES string of the molecule is Cc1ncc(CN(CCN(C)C)Cc2cnc(NCc3ccccc3)nc2)[nH]1.O=CO.O=CO. The molecule has 3 rings (SSSR count). The summed E-state index contributed by atoms with van der Waals surface area (Å²) < 4.78 is 0. The molecular weight excluding hydrogens is 438 g/mol. The molecule has 0 saturated carbocycles. The lowest BCUT2D eigenvalue weighted by Gasteiger charge is -2.23. The van der Waals surface area contributed by atoms with Crippen LogP contribution in [0.5, 0.6) is 0 Å². The van der Waals surface area contributed by atoms with Crippen molar-refractivity contribution in [2.45, 2.75) is 26.6 Å². The van der Waals surface area contributed by atoms with Crippen molar-refractivity contribution in [1.29, 1.82) is 0 Å². The van der Waals surface area contributed by atoms with Crippen molar-refractivity contribution in [3.8, 4) is 0 Å². The summed E-state index contributed by atoms with van der Waals surface area (Å²) >= 11 is 0. The first kappa shape index (κ1) is 28.2. The van der Waals surface area contributed by atoms with Gasteiger partial charge in [-0.25, -0.2) is 15.0 Å². The van der Waals surface area contributed by atoms with E-state index >= 15 is 0 Å². The zero-order valence-electron chi connectivity index (χ0n) is 19.8. The van der Waals surface area contributed by atoms with Crippen molar-refractivity contribution in [3.05, 3.63) is 71.6 Å². The Bertz CT molecular complexity index is 928. The van der Waals surface area contributed by atoms with E-state index in [0.717, 1.165) is 43.3 Å². The number of hydrogen-bond donors (Lipinski definition) is 4. The van der Waals surface area contributed by atoms with Crippen LogP contribution in [-0.4, -0.2) is 80.1 Å². The van der Waals surface area contributed by atoms with Gasteiger partial charge in [-0.2, -0.15) is 0 Å². The standard InChI is InChI=1S/C21H29N7.2CH2O2/c1-17-22-14-20(26-17)16-28(10-9-27(2)3)15-19-12-24-21(25-13-19)23-11-18-7-5-4-6-8-18;2*2-1-3/h4-8,12-14H,9-11,15-16H2,1-3H3,(H,22,26)(H,23,24,25);2*1H,(H,2,3). The van der Waals surface area contributed by atoms with E-state index in [1.54, 1.807) is 0 Å². The maximum atomic E-state index is 8.36. The number of nitrogens with one attached hydrogen (secondary N) is 2. The number of benzene rings is 1. The summed E-state index contributed by atoms with van der Waals surface area (Å²) in [6, 6.07) is 10.2. The minimum atomic E-state index is -0.250. The van der Waals surface area contributed by atoms with E-state index in [1.165, 1.54) is 5.56 Å². The van der Waals surface area contributed by atoms with Crippen molar-refractivity contribution >= 4 is 18.9 Å². The van der Waals surface area contributed by atoms with E-state index < -0.39 is 0 Å². The number of H-pyrrole nitrogens is 1. The summed E-state index contributed by atoms with van der Waals surface area (Å²) in [5, 5.41) is 17.0. The van der Waals surface area contributed by atoms with Crippen LogP contribution in [0, 0.1) is 6.92 Å². The minimum Gasteiger partial charge on any atom is -0.483 e. The quantitative estimate of drug-likeness (QED) is 0.324. The first-order valence-electron chi connectivity index (χ1n) is 10.5. The second-order valence-electron chi connectivity index (χ2n) is 7.47. The van der Waals surface area contributed by atoms with Crippen LogP contribution < -0.4 is 5.32 Å². The normalized spacial score (nSPS) is 10.0. The van der Waals surface area contributed by atoms with Crippen molar-refractivity contribution in [2.75, 3.05) is 32.5 Å². The number of anilines is 1. The Hall–Kier alpha value is -3.83. The summed E-state index contributed by atoms with van der Waals surface area (Å²) in [4.78, 5) is 37.9. The highest BCUT2D eigenvalue weighted by atomic mass is 16.3. The third kappa shape index (κ3) is 12.3. The lowest BCUT2D eigenvalue weighted by Crippen LogP contribution is -2.31. The average Bonchev–Trinajstić information content (AvgIpc) is 3.23. The second-order valence-corrected chi connectivity index (χ2v) is 7.47. The number of nitrogens with zero attached hydrogens (tertiary/aromatic N) is 5. The highest BCUT2D eigenvalue weighted by molar-refractivity contribution is 5.33. The van der Waals surface area contributed by atoms with Crippen molar-refractivity contribution in [3.63, 3.8) is 0 Å². The topological polar surface area (TPSA) is 148 Å². The highest BCUT2D eigenvalue weighted by Gasteiger charge is 2.10. The van der Waals surface area contributed by atoms with Crippen LogP contribution >= 0.6 is 0 Å². The minimum absolute atomic E-state index is 0.250. The van der Waals surface area contributed by atoms with Crippen LogP contribution in [0.25, 0.3) is 0 Å². The molecule has 11 heteroatoms. The molecule has 11 nitrogen and oxygen atoms in total. The van der Waals surface area contributed by atoms with E-state index in [2.05, 4.69) is 61.3 Å². The summed E-state index contributed by atoms with van der Waals surface area (Å²) in [6.07, 6.45) is 5.72. The Kier molecular flexibility index (Phi) is 13.9. The molecule has 0 unspecified atom stereocenters. The van der Waals surface area contributed by atoms with Crippen LogP contribution in [0.2, 0.25) is 0 Å². The molecule has 184 valence electrons. The Morgan fingerprint density at radius 3 is 2.06 bits per heavy atom. The molecule has 4 N–H and O–H groups in total. The van der Waals surface area contributed by atoms with Gasteiger partial charge in [0.15, 0.2) is 0 Å². The van der Waals surface area contributed by atoms with Crippen molar-refractivity contribution < 1.29 is 19.8 Å². The third-order valence-electron chi connectivity index (χ3n) is 4.42. The zero-order chi connectivity index (χ0) is 25.2. The van der Waals surface area contributed by atoms with E-state index in [0.29, 0.717) is 12.5 Å². The molecule has 0 aliphatic carbocycles. The maximum absolute atomic E-state index is 8.36. The third-order valence-corrected chi connectivity index (χ3v) is 4.42. The zero-order valence-corrected chi connectivity index (χ0v) is 19.8. The molecule has 1 aromatic carbocycles. The average molecular weight is 472 g/mol. The molecule has 0 fully saturated rings. The Morgan fingerprint density at radius 1 is 0.912 bits per heavy atom. The van der Waals surface area contributed by atoms with Gasteiger partial charge in [0.2, 0.25) is 5.95 Å². The molecular formula is C23H33N7O4. The molecule has 34 heavy (non-hydrogen) atoms. The van der Waals surface area contributed by atoms with Gasteiger partial charge in [0.25, 0.3) is 12.9 Å². The van der Waals surface area contributed by atoms with Gasteiger partial charge < -0.3 is 25.4 Å². The Morgan fingerprint density at radius 2 is 1.53 bits per heavy atom. The number of aromatic amines is 1. The summed E-state index contributed by atoms with van der Waals surface area (Å²) in [6.45, 7) is 5.76. The number of imidazole rings is 1. The van der Waals surface area contributed by atoms with E-state index in [9.17, 15) is 0 Å². The number of aryl methyl sites for hydroxylation is 1. The monoisotopic (exact) mass is 471 g/mol. The summed E-state index contributed by atoms with van der Waals surface area (Å²) in [5.74, 6) is 1.59. The molecule has 0 bridgehead atoms. The first-order valence-corrected chi connectivity index (χ1v) is 10.5. The molecule has 0 spiro atoms. The molecule has 0 saturated heterocycles. The number of carboxylic acid groups (broad SMARTS) is 2. The van der Waals surface area contributed by atoms with Gasteiger partial charge in [0.05, 0.1) is 0 Å². The van der Waals surface area contributed by atoms with Crippen LogP contribution in [0.3, 0.4) is 0 Å². The fraction of sp³-hybridized carbons (Fsp3) is 0.348. The van der Waals surface area contributed by atoms with Gasteiger partial charge >= 0.3 is 0 Å². The Balaban J connectivity index is 0.000000872. The Labute approximate surface area is 199 Å². The van der Waals surface area contributed by atoms with Crippen LogP contribution in [0.1, 0.15) is 22.6 Å². The van der Waals surface area contributed by atoms with Gasteiger partial charge in [0.1, 0.15) is 5.82 Å². The summed E-state index contributed by atoms with van der Waals surface area (Å²) in [5.41, 5.74) is 3.43. The summed E-state index contributed by atoms with van der Waals surface area (Å²) in [7, 11) is 4.18. The van der Waals surface area contributed by atoms with Crippen molar-refractivity contribution in [1.82, 2.24) is 29.7 Å². The van der Waals surface area contributed by atoms with Gasteiger partial charge in [-0.1, -0.05) is 30.3 Å². The number of likely N-dealkylation sites (N-methyl/N-ethyl adjacent to an activating group) is 1. The van der Waals surface area contributed by atoms with Gasteiger partial charge in [-0.05, 0) is 26.6 Å². The molecule has 0 radical (unpaired) electrons. The van der Waals surface area contributed by atoms with Crippen LogP contribution in [0.4, 0.5) is 5.95 Å². The van der Waals surface area contributed by atoms with Crippen LogP contribution in [-0.2, 0) is 29.2 Å². The van der Waals surface area contributed by atoms with E-state index in [1.807, 2.05) is 43.7 Å². The predicted molar refractivity (Wildman–Crippen MR) is 129 cm³/mol. The van der Waals surface area contributed by atoms with Crippen LogP contribution in [0.15, 0.2) is 48.9 Å². The smallest absolute Gasteiger partial charge is 0.290 e. The second kappa shape index (κ2) is 16.8. The van der Waals surface area contributed by atoms with Gasteiger partial charge in [-0.15, -0.1) is 0 Å². The predicted octanol–water partition coefficient (Wildman–Crippen LogP) is 2.09. The number of rotatable bonds is 10.